The van der Waals surface area contributed by atoms with E-state index in [0.29, 0.717) is 37.0 Å². The van der Waals surface area contributed by atoms with Crippen molar-refractivity contribution < 1.29 is 18.6 Å². The number of rotatable bonds is 5. The van der Waals surface area contributed by atoms with Crippen LogP contribution in [0.3, 0.4) is 0 Å². The molecule has 0 saturated carbocycles. The molecule has 0 spiro atoms. The van der Waals surface area contributed by atoms with Crippen molar-refractivity contribution in [2.75, 3.05) is 26.8 Å². The number of methoxy groups -OCH3 is 1. The predicted octanol–water partition coefficient (Wildman–Crippen LogP) is 3.91. The van der Waals surface area contributed by atoms with E-state index >= 15 is 0 Å². The average molecular weight is 354 g/mol. The Morgan fingerprint density at radius 3 is 2.96 bits per heavy atom. The summed E-state index contributed by atoms with van der Waals surface area (Å²) in [7, 11) is 1.62. The summed E-state index contributed by atoms with van der Waals surface area (Å²) in [5, 5.41) is 5.82. The van der Waals surface area contributed by atoms with E-state index in [1.54, 1.807) is 24.6 Å². The van der Waals surface area contributed by atoms with Crippen LogP contribution in [0.2, 0.25) is 0 Å². The zero-order valence-electron chi connectivity index (χ0n) is 14.2. The van der Waals surface area contributed by atoms with Gasteiger partial charge in [0, 0.05) is 25.8 Å². The lowest BCUT2D eigenvalue weighted by atomic mass is 10.1. The lowest BCUT2D eigenvalue weighted by Crippen LogP contribution is -2.33. The van der Waals surface area contributed by atoms with Crippen molar-refractivity contribution in [2.24, 2.45) is 0 Å². The molecule has 0 amide bonds. The van der Waals surface area contributed by atoms with Gasteiger partial charge in [-0.05, 0) is 18.2 Å². The van der Waals surface area contributed by atoms with Gasteiger partial charge in [0.25, 0.3) is 0 Å². The first kappa shape index (κ1) is 18.8. The number of aromatic nitrogens is 1. The molecule has 1 atom stereocenters. The summed E-state index contributed by atoms with van der Waals surface area (Å²) in [4.78, 5) is 4.29. The Labute approximate surface area is 145 Å². The Bertz CT molecular complexity index is 630. The number of nitrogens with one attached hydrogen (secondary N) is 1. The maximum absolute atomic E-state index is 14.0. The summed E-state index contributed by atoms with van der Waals surface area (Å²) in [6.07, 6.45) is -0.295. The molecule has 1 aliphatic rings. The quantitative estimate of drug-likeness (QED) is 0.882. The minimum Gasteiger partial charge on any atom is -0.438 e. The van der Waals surface area contributed by atoms with Gasteiger partial charge >= 0.3 is 0 Å². The number of morpholine rings is 1. The van der Waals surface area contributed by atoms with Crippen LogP contribution < -0.4 is 10.1 Å². The van der Waals surface area contributed by atoms with Gasteiger partial charge in [-0.2, -0.15) is 0 Å². The second kappa shape index (κ2) is 9.68. The van der Waals surface area contributed by atoms with Gasteiger partial charge in [-0.1, -0.05) is 13.8 Å². The normalized spacial score (nSPS) is 17.1. The smallest absolute Gasteiger partial charge is 0.230 e. The molecule has 1 N–H and O–H groups in total. The SMILES string of the molecule is CC.COCc1nc(Oc2ccc(F)c(C3CNCCO3)c2)cs1. The number of hydrogen-bond acceptors (Lipinski definition) is 6. The van der Waals surface area contributed by atoms with Crippen LogP contribution in [0.4, 0.5) is 4.39 Å². The summed E-state index contributed by atoms with van der Waals surface area (Å²) < 4.78 is 30.3. The molecule has 1 unspecified atom stereocenters. The maximum atomic E-state index is 14.0. The average Bonchev–Trinajstić information content (AvgIpc) is 3.06. The zero-order chi connectivity index (χ0) is 17.4. The van der Waals surface area contributed by atoms with Crippen LogP contribution in [-0.4, -0.2) is 31.8 Å². The second-order valence-electron chi connectivity index (χ2n) is 4.86. The summed E-state index contributed by atoms with van der Waals surface area (Å²) in [5.74, 6) is 0.733. The Morgan fingerprint density at radius 2 is 2.25 bits per heavy atom. The van der Waals surface area contributed by atoms with E-state index in [0.717, 1.165) is 11.6 Å². The van der Waals surface area contributed by atoms with E-state index in [4.69, 9.17) is 14.2 Å². The standard InChI is InChI=1S/C15H17FN2O3S.C2H6/c1-19-8-15-18-14(9-22-15)21-10-2-3-12(16)11(6-10)13-7-17-4-5-20-13;1-2/h2-3,6,9,13,17H,4-5,7-8H2,1H3;1-2H3. The van der Waals surface area contributed by atoms with Gasteiger partial charge < -0.3 is 19.5 Å². The third kappa shape index (κ3) is 4.98. The highest BCUT2D eigenvalue weighted by molar-refractivity contribution is 7.09. The first-order valence-electron chi connectivity index (χ1n) is 7.99. The number of hydrogen-bond donors (Lipinski definition) is 1. The van der Waals surface area contributed by atoms with Crippen molar-refractivity contribution >= 4 is 11.3 Å². The number of ether oxygens (including phenoxy) is 3. The zero-order valence-corrected chi connectivity index (χ0v) is 15.0. The first-order chi connectivity index (χ1) is 11.8. The van der Waals surface area contributed by atoms with Gasteiger partial charge in [-0.3, -0.25) is 0 Å². The van der Waals surface area contributed by atoms with Gasteiger partial charge in [0.05, 0.1) is 24.7 Å². The number of halogens is 1. The van der Waals surface area contributed by atoms with Gasteiger partial charge in [0.1, 0.15) is 16.6 Å². The summed E-state index contributed by atoms with van der Waals surface area (Å²) in [5.41, 5.74) is 0.497. The van der Waals surface area contributed by atoms with Gasteiger partial charge in [0.2, 0.25) is 5.88 Å². The highest BCUT2D eigenvalue weighted by Gasteiger charge is 2.20. The van der Waals surface area contributed by atoms with E-state index in [-0.39, 0.29) is 11.9 Å². The minimum atomic E-state index is -0.295. The molecule has 5 nitrogen and oxygen atoms in total. The van der Waals surface area contributed by atoms with Crippen molar-refractivity contribution in [3.63, 3.8) is 0 Å². The minimum absolute atomic E-state index is 0.292. The second-order valence-corrected chi connectivity index (χ2v) is 5.80. The Balaban J connectivity index is 0.00000100. The molecular formula is C17H23FN2O3S. The van der Waals surface area contributed by atoms with E-state index in [1.807, 2.05) is 13.8 Å². The molecule has 1 aromatic carbocycles. The van der Waals surface area contributed by atoms with Gasteiger partial charge in [-0.15, -0.1) is 11.3 Å². The van der Waals surface area contributed by atoms with E-state index in [2.05, 4.69) is 10.3 Å². The van der Waals surface area contributed by atoms with Crippen LogP contribution in [0.5, 0.6) is 11.6 Å². The third-order valence-electron chi connectivity index (χ3n) is 3.26. The van der Waals surface area contributed by atoms with Crippen LogP contribution in [0, 0.1) is 5.82 Å². The van der Waals surface area contributed by atoms with Gasteiger partial charge in [-0.25, -0.2) is 9.37 Å². The van der Waals surface area contributed by atoms with Crippen molar-refractivity contribution in [2.45, 2.75) is 26.6 Å². The van der Waals surface area contributed by atoms with Crippen LogP contribution in [0.25, 0.3) is 0 Å². The van der Waals surface area contributed by atoms with Crippen molar-refractivity contribution in [1.29, 1.82) is 0 Å². The number of thiazole rings is 1. The molecule has 1 saturated heterocycles. The monoisotopic (exact) mass is 354 g/mol. The fraction of sp³-hybridized carbons (Fsp3) is 0.471. The molecule has 0 aliphatic carbocycles. The summed E-state index contributed by atoms with van der Waals surface area (Å²) in [6.45, 7) is 6.40. The molecule has 2 aromatic rings. The predicted molar refractivity (Wildman–Crippen MR) is 92.2 cm³/mol. The molecule has 1 fully saturated rings. The van der Waals surface area contributed by atoms with Crippen LogP contribution in [0.1, 0.15) is 30.5 Å². The fourth-order valence-corrected chi connectivity index (χ4v) is 2.91. The lowest BCUT2D eigenvalue weighted by molar-refractivity contribution is 0.0254. The summed E-state index contributed by atoms with van der Waals surface area (Å²) >= 11 is 1.46. The molecular weight excluding hydrogens is 331 g/mol. The third-order valence-corrected chi connectivity index (χ3v) is 4.06. The van der Waals surface area contributed by atoms with E-state index < -0.39 is 0 Å². The lowest BCUT2D eigenvalue weighted by Gasteiger charge is -2.24. The molecule has 1 aliphatic heterocycles. The fourth-order valence-electron chi connectivity index (χ4n) is 2.25. The topological polar surface area (TPSA) is 52.6 Å². The maximum Gasteiger partial charge on any atom is 0.230 e. The molecule has 0 radical (unpaired) electrons. The first-order valence-corrected chi connectivity index (χ1v) is 8.87. The molecule has 24 heavy (non-hydrogen) atoms. The molecule has 2 heterocycles. The number of benzene rings is 1. The number of nitrogens with zero attached hydrogens (tertiary/aromatic N) is 1. The molecule has 0 bridgehead atoms. The highest BCUT2D eigenvalue weighted by Crippen LogP contribution is 2.29. The van der Waals surface area contributed by atoms with Crippen molar-refractivity contribution in [3.8, 4) is 11.6 Å². The summed E-state index contributed by atoms with van der Waals surface area (Å²) in [6, 6.07) is 4.65. The van der Waals surface area contributed by atoms with Crippen LogP contribution >= 0.6 is 11.3 Å². The Hall–Kier alpha value is -1.54. The largest absolute Gasteiger partial charge is 0.438 e. The molecule has 132 valence electrons. The Kier molecular flexibility index (Phi) is 7.58. The van der Waals surface area contributed by atoms with E-state index in [1.165, 1.54) is 17.4 Å². The molecule has 3 rings (SSSR count). The van der Waals surface area contributed by atoms with Gasteiger partial charge in [0.15, 0.2) is 0 Å². The van der Waals surface area contributed by atoms with Crippen molar-refractivity contribution in [1.82, 2.24) is 10.3 Å². The highest BCUT2D eigenvalue weighted by atomic mass is 32.1. The van der Waals surface area contributed by atoms with Crippen LogP contribution in [-0.2, 0) is 16.1 Å². The van der Waals surface area contributed by atoms with Crippen molar-refractivity contribution in [3.05, 3.63) is 40.0 Å². The molecule has 1 aromatic heterocycles. The molecule has 7 heteroatoms. The van der Waals surface area contributed by atoms with Crippen LogP contribution in [0.15, 0.2) is 23.6 Å². The van der Waals surface area contributed by atoms with E-state index in [9.17, 15) is 4.39 Å². The Morgan fingerprint density at radius 1 is 1.42 bits per heavy atom.